The van der Waals surface area contributed by atoms with Crippen molar-refractivity contribution in [3.05, 3.63) is 65.2 Å². The van der Waals surface area contributed by atoms with Crippen molar-refractivity contribution in [2.24, 2.45) is 4.99 Å². The first-order valence-electron chi connectivity index (χ1n) is 10.5. The number of carbonyl (C=O) groups excluding carboxylic acids is 1. The minimum atomic E-state index is -2.89. The molecule has 2 aromatic carbocycles. The third kappa shape index (κ3) is 8.50. The number of aliphatic imine (C=N–C) groups is 1. The monoisotopic (exact) mass is 448 g/mol. The van der Waals surface area contributed by atoms with Crippen LogP contribution in [-0.2, 0) is 6.54 Å². The Bertz CT molecular complexity index is 876. The molecule has 32 heavy (non-hydrogen) atoms. The number of guanidine groups is 1. The fourth-order valence-corrected chi connectivity index (χ4v) is 2.85. The number of hydrogen-bond donors (Lipinski definition) is 4. The highest BCUT2D eigenvalue weighted by molar-refractivity contribution is 5.94. The lowest BCUT2D eigenvalue weighted by molar-refractivity contribution is -0.0498. The van der Waals surface area contributed by atoms with Crippen molar-refractivity contribution in [3.63, 3.8) is 0 Å². The molecule has 1 amide bonds. The molecule has 0 radical (unpaired) electrons. The van der Waals surface area contributed by atoms with Gasteiger partial charge in [-0.1, -0.05) is 31.2 Å². The fraction of sp³-hybridized carbons (Fsp3) is 0.391. The highest BCUT2D eigenvalue weighted by Gasteiger charge is 2.11. The fourth-order valence-electron chi connectivity index (χ4n) is 2.85. The van der Waals surface area contributed by atoms with Gasteiger partial charge in [0.25, 0.3) is 5.91 Å². The van der Waals surface area contributed by atoms with Gasteiger partial charge in [0.1, 0.15) is 5.75 Å². The Kier molecular flexibility index (Phi) is 10.4. The van der Waals surface area contributed by atoms with E-state index in [1.54, 1.807) is 12.1 Å². The van der Waals surface area contributed by atoms with Crippen LogP contribution in [-0.4, -0.2) is 43.2 Å². The topological polar surface area (TPSA) is 95.0 Å². The Hall–Kier alpha value is -3.20. The normalized spacial score (nSPS) is 12.4. The number of nitrogens with one attached hydrogen (secondary N) is 3. The second-order valence-corrected chi connectivity index (χ2v) is 7.00. The molecule has 4 N–H and O–H groups in total. The molecule has 0 bridgehead atoms. The van der Waals surface area contributed by atoms with E-state index in [1.807, 2.05) is 26.0 Å². The van der Waals surface area contributed by atoms with Gasteiger partial charge in [0, 0.05) is 25.2 Å². The number of carbonyl (C=O) groups is 1. The molecule has 1 atom stereocenters. The molecular formula is C23H30F2N4O3. The van der Waals surface area contributed by atoms with E-state index < -0.39 is 12.7 Å². The average Bonchev–Trinajstić information content (AvgIpc) is 2.79. The van der Waals surface area contributed by atoms with Crippen molar-refractivity contribution in [3.8, 4) is 5.75 Å². The van der Waals surface area contributed by atoms with Gasteiger partial charge in [-0.25, -0.2) is 4.99 Å². The van der Waals surface area contributed by atoms with Gasteiger partial charge in [0.15, 0.2) is 5.96 Å². The molecule has 0 heterocycles. The van der Waals surface area contributed by atoms with Crippen molar-refractivity contribution in [1.29, 1.82) is 0 Å². The van der Waals surface area contributed by atoms with Crippen molar-refractivity contribution in [2.75, 3.05) is 19.6 Å². The Morgan fingerprint density at radius 3 is 2.50 bits per heavy atom. The van der Waals surface area contributed by atoms with Crippen molar-refractivity contribution in [2.45, 2.75) is 39.5 Å². The van der Waals surface area contributed by atoms with Gasteiger partial charge in [-0.15, -0.1) is 0 Å². The molecule has 0 aliphatic carbocycles. The summed E-state index contributed by atoms with van der Waals surface area (Å²) in [5.74, 6) is 0.422. The second-order valence-electron chi connectivity index (χ2n) is 7.00. The molecule has 0 saturated heterocycles. The van der Waals surface area contributed by atoms with E-state index in [4.69, 9.17) is 0 Å². The Balaban J connectivity index is 1.96. The van der Waals surface area contributed by atoms with Crippen LogP contribution >= 0.6 is 0 Å². The molecule has 0 saturated carbocycles. The molecule has 0 spiro atoms. The number of aliphatic hydroxyl groups is 1. The summed E-state index contributed by atoms with van der Waals surface area (Å²) in [6.07, 6.45) is -0.00235. The average molecular weight is 449 g/mol. The van der Waals surface area contributed by atoms with Gasteiger partial charge in [0.05, 0.1) is 12.6 Å². The van der Waals surface area contributed by atoms with Crippen LogP contribution in [0.15, 0.2) is 53.5 Å². The van der Waals surface area contributed by atoms with E-state index in [2.05, 4.69) is 25.7 Å². The summed E-state index contributed by atoms with van der Waals surface area (Å²) in [6.45, 7) is 2.79. The van der Waals surface area contributed by atoms with E-state index in [-0.39, 0.29) is 18.2 Å². The SMILES string of the molecule is CCCNC(=O)c1cccc(CN=C(NCC)NCC(O)c2ccc(OC(F)F)cc2)c1. The number of rotatable bonds is 11. The van der Waals surface area contributed by atoms with Crippen LogP contribution < -0.4 is 20.7 Å². The quantitative estimate of drug-likeness (QED) is 0.313. The summed E-state index contributed by atoms with van der Waals surface area (Å²) in [4.78, 5) is 16.6. The molecule has 9 heteroatoms. The third-order valence-electron chi connectivity index (χ3n) is 4.44. The number of alkyl halides is 2. The minimum Gasteiger partial charge on any atom is -0.435 e. The van der Waals surface area contributed by atoms with Crippen LogP contribution in [0.4, 0.5) is 8.78 Å². The van der Waals surface area contributed by atoms with Crippen molar-refractivity contribution in [1.82, 2.24) is 16.0 Å². The first kappa shape index (κ1) is 25.1. The van der Waals surface area contributed by atoms with Crippen LogP contribution in [0, 0.1) is 0 Å². The molecule has 1 unspecified atom stereocenters. The Morgan fingerprint density at radius 2 is 1.84 bits per heavy atom. The predicted molar refractivity (Wildman–Crippen MR) is 120 cm³/mol. The number of halogens is 2. The number of benzene rings is 2. The highest BCUT2D eigenvalue weighted by Crippen LogP contribution is 2.19. The number of aliphatic hydroxyl groups excluding tert-OH is 1. The summed E-state index contributed by atoms with van der Waals surface area (Å²) < 4.78 is 28.8. The van der Waals surface area contributed by atoms with Crippen LogP contribution in [0.25, 0.3) is 0 Å². The van der Waals surface area contributed by atoms with Gasteiger partial charge >= 0.3 is 6.61 Å². The standard InChI is InChI=1S/C23H30F2N4O3/c1-3-12-27-21(31)18-7-5-6-16(13-18)14-28-23(26-4-2)29-15-20(30)17-8-10-19(11-9-17)32-22(24)25/h5-11,13,20,22,30H,3-4,12,14-15H2,1-2H3,(H,27,31)(H2,26,28,29). The molecule has 2 rings (SSSR count). The van der Waals surface area contributed by atoms with E-state index >= 15 is 0 Å². The lowest BCUT2D eigenvalue weighted by Crippen LogP contribution is -2.39. The largest absolute Gasteiger partial charge is 0.435 e. The number of ether oxygens (including phenoxy) is 1. The number of amides is 1. The van der Waals surface area contributed by atoms with Gasteiger partial charge in [-0.3, -0.25) is 4.79 Å². The van der Waals surface area contributed by atoms with Crippen molar-refractivity contribution >= 4 is 11.9 Å². The second kappa shape index (κ2) is 13.3. The third-order valence-corrected chi connectivity index (χ3v) is 4.44. The van der Waals surface area contributed by atoms with Crippen LogP contribution in [0.2, 0.25) is 0 Å². The summed E-state index contributed by atoms with van der Waals surface area (Å²) in [7, 11) is 0. The van der Waals surface area contributed by atoms with Crippen LogP contribution in [0.5, 0.6) is 5.75 Å². The number of hydrogen-bond acceptors (Lipinski definition) is 4. The van der Waals surface area contributed by atoms with E-state index in [0.717, 1.165) is 12.0 Å². The molecule has 0 aliphatic rings. The summed E-state index contributed by atoms with van der Waals surface area (Å²) in [6, 6.07) is 13.1. The zero-order chi connectivity index (χ0) is 23.3. The first-order chi connectivity index (χ1) is 15.4. The smallest absolute Gasteiger partial charge is 0.387 e. The lowest BCUT2D eigenvalue weighted by Gasteiger charge is -2.16. The van der Waals surface area contributed by atoms with Gasteiger partial charge in [0.2, 0.25) is 0 Å². The molecule has 174 valence electrons. The predicted octanol–water partition coefficient (Wildman–Crippen LogP) is 3.22. The molecule has 7 nitrogen and oxygen atoms in total. The molecule has 0 fully saturated rings. The van der Waals surface area contributed by atoms with Crippen LogP contribution in [0.1, 0.15) is 47.9 Å². The maximum absolute atomic E-state index is 12.2. The maximum atomic E-state index is 12.2. The summed E-state index contributed by atoms with van der Waals surface area (Å²) >= 11 is 0. The van der Waals surface area contributed by atoms with Gasteiger partial charge < -0.3 is 25.8 Å². The van der Waals surface area contributed by atoms with Gasteiger partial charge in [-0.05, 0) is 48.7 Å². The van der Waals surface area contributed by atoms with E-state index in [9.17, 15) is 18.7 Å². The molecular weight excluding hydrogens is 418 g/mol. The highest BCUT2D eigenvalue weighted by atomic mass is 19.3. The first-order valence-corrected chi connectivity index (χ1v) is 10.5. The molecule has 0 aliphatic heterocycles. The lowest BCUT2D eigenvalue weighted by atomic mass is 10.1. The van der Waals surface area contributed by atoms with E-state index in [0.29, 0.717) is 36.7 Å². The van der Waals surface area contributed by atoms with Gasteiger partial charge in [-0.2, -0.15) is 8.78 Å². The zero-order valence-electron chi connectivity index (χ0n) is 18.3. The summed E-state index contributed by atoms with van der Waals surface area (Å²) in [5, 5.41) is 19.4. The summed E-state index contributed by atoms with van der Waals surface area (Å²) in [5.41, 5.74) is 2.01. The van der Waals surface area contributed by atoms with Crippen molar-refractivity contribution < 1.29 is 23.4 Å². The van der Waals surface area contributed by atoms with E-state index in [1.165, 1.54) is 24.3 Å². The Morgan fingerprint density at radius 1 is 1.09 bits per heavy atom. The maximum Gasteiger partial charge on any atom is 0.387 e. The van der Waals surface area contributed by atoms with Crippen LogP contribution in [0.3, 0.4) is 0 Å². The number of nitrogens with zero attached hydrogens (tertiary/aromatic N) is 1. The molecule has 2 aromatic rings. The minimum absolute atomic E-state index is 0.0319. The molecule has 0 aromatic heterocycles. The Labute approximate surface area is 186 Å². The zero-order valence-corrected chi connectivity index (χ0v) is 18.3.